The summed E-state index contributed by atoms with van der Waals surface area (Å²) in [5.74, 6) is 1.82. The summed E-state index contributed by atoms with van der Waals surface area (Å²) >= 11 is 0. The monoisotopic (exact) mass is 456 g/mol. The van der Waals surface area contributed by atoms with Crippen molar-refractivity contribution in [1.29, 1.82) is 0 Å². The van der Waals surface area contributed by atoms with Crippen LogP contribution in [0.4, 0.5) is 0 Å². The van der Waals surface area contributed by atoms with E-state index < -0.39 is 11.4 Å². The second-order valence-electron chi connectivity index (χ2n) is 13.3. The van der Waals surface area contributed by atoms with Gasteiger partial charge in [0.05, 0.1) is 11.5 Å². The van der Waals surface area contributed by atoms with Crippen LogP contribution in [-0.4, -0.2) is 22.3 Å². The SMILES string of the molecule is C=C(C)[C@@H](C)CC[C@@H](C)[C@H]1CC[C@H]2C3=CC[C@H]4C(C)(C)[C@@H](O)CC[C@]4(C)[C@H]3CC[C@]12C(=O)O. The van der Waals surface area contributed by atoms with Gasteiger partial charge in [-0.3, -0.25) is 4.79 Å². The number of rotatable bonds is 6. The van der Waals surface area contributed by atoms with Crippen molar-refractivity contribution in [3.8, 4) is 0 Å². The molecule has 3 fully saturated rings. The predicted molar refractivity (Wildman–Crippen MR) is 135 cm³/mol. The van der Waals surface area contributed by atoms with Gasteiger partial charge in [0.2, 0.25) is 0 Å². The van der Waals surface area contributed by atoms with Crippen LogP contribution >= 0.6 is 0 Å². The molecule has 4 rings (SSSR count). The van der Waals surface area contributed by atoms with Gasteiger partial charge in [-0.05, 0) is 111 Å². The number of aliphatic hydroxyl groups excluding tert-OH is 1. The van der Waals surface area contributed by atoms with Crippen LogP contribution in [0.25, 0.3) is 0 Å². The van der Waals surface area contributed by atoms with Crippen LogP contribution in [-0.2, 0) is 4.79 Å². The molecule has 0 amide bonds. The molecule has 0 bridgehead atoms. The van der Waals surface area contributed by atoms with E-state index in [4.69, 9.17) is 0 Å². The summed E-state index contributed by atoms with van der Waals surface area (Å²) in [6.07, 6.45) is 11.3. The minimum atomic E-state index is -0.582. The number of aliphatic carboxylic acids is 1. The third-order valence-corrected chi connectivity index (χ3v) is 11.6. The highest BCUT2D eigenvalue weighted by Crippen LogP contribution is 2.69. The van der Waals surface area contributed by atoms with Crippen molar-refractivity contribution in [2.75, 3.05) is 0 Å². The Bertz CT molecular complexity index is 824. The second kappa shape index (κ2) is 8.54. The summed E-state index contributed by atoms with van der Waals surface area (Å²) in [6.45, 7) is 17.8. The molecule has 3 nitrogen and oxygen atoms in total. The fourth-order valence-electron chi connectivity index (χ4n) is 9.22. The van der Waals surface area contributed by atoms with Gasteiger partial charge < -0.3 is 10.2 Å². The van der Waals surface area contributed by atoms with Crippen molar-refractivity contribution >= 4 is 5.97 Å². The minimum Gasteiger partial charge on any atom is -0.481 e. The highest BCUT2D eigenvalue weighted by molar-refractivity contribution is 5.77. The Morgan fingerprint density at radius 3 is 2.42 bits per heavy atom. The first-order valence-corrected chi connectivity index (χ1v) is 13.6. The molecule has 0 heterocycles. The van der Waals surface area contributed by atoms with E-state index in [0.717, 1.165) is 57.8 Å². The molecule has 0 aromatic carbocycles. The Morgan fingerprint density at radius 2 is 1.79 bits per heavy atom. The van der Waals surface area contributed by atoms with Crippen LogP contribution in [0.2, 0.25) is 0 Å². The Hall–Kier alpha value is -1.09. The van der Waals surface area contributed by atoms with E-state index in [1.165, 1.54) is 11.1 Å². The maximum atomic E-state index is 13.0. The molecule has 0 radical (unpaired) electrons. The number of hydrogen-bond donors (Lipinski definition) is 2. The van der Waals surface area contributed by atoms with Gasteiger partial charge in [0.1, 0.15) is 0 Å². The van der Waals surface area contributed by atoms with Gasteiger partial charge in [0.25, 0.3) is 0 Å². The van der Waals surface area contributed by atoms with Crippen LogP contribution in [0.3, 0.4) is 0 Å². The average molecular weight is 457 g/mol. The quantitative estimate of drug-likeness (QED) is 0.414. The molecule has 3 heteroatoms. The summed E-state index contributed by atoms with van der Waals surface area (Å²) in [4.78, 5) is 13.0. The Labute approximate surface area is 202 Å². The molecule has 33 heavy (non-hydrogen) atoms. The van der Waals surface area contributed by atoms with Gasteiger partial charge in [-0.15, -0.1) is 0 Å². The number of carboxylic acids is 1. The maximum absolute atomic E-state index is 13.0. The minimum absolute atomic E-state index is 0.0803. The zero-order valence-corrected chi connectivity index (χ0v) is 22.0. The molecule has 3 saturated carbocycles. The molecule has 0 aromatic heterocycles. The molecular weight excluding hydrogens is 408 g/mol. The predicted octanol–water partition coefficient (Wildman–Crippen LogP) is 7.26. The van der Waals surface area contributed by atoms with E-state index in [1.807, 2.05) is 0 Å². The second-order valence-corrected chi connectivity index (χ2v) is 13.3. The lowest BCUT2D eigenvalue weighted by Gasteiger charge is -2.61. The highest BCUT2D eigenvalue weighted by Gasteiger charge is 2.64. The molecule has 2 N–H and O–H groups in total. The van der Waals surface area contributed by atoms with Gasteiger partial charge in [0.15, 0.2) is 0 Å². The van der Waals surface area contributed by atoms with E-state index in [1.54, 1.807) is 0 Å². The third-order valence-electron chi connectivity index (χ3n) is 11.6. The molecule has 0 aliphatic heterocycles. The first-order chi connectivity index (χ1) is 15.4. The first kappa shape index (κ1) is 25.0. The molecule has 9 atom stereocenters. The number of aliphatic hydroxyl groups is 1. The number of allylic oxidation sites excluding steroid dienone is 3. The van der Waals surface area contributed by atoms with E-state index in [2.05, 4.69) is 54.2 Å². The number of carboxylic acid groups (broad SMARTS) is 1. The zero-order valence-electron chi connectivity index (χ0n) is 22.0. The molecule has 186 valence electrons. The number of hydrogen-bond acceptors (Lipinski definition) is 2. The first-order valence-electron chi connectivity index (χ1n) is 13.6. The summed E-state index contributed by atoms with van der Waals surface area (Å²) in [6, 6.07) is 0. The molecule has 4 aliphatic carbocycles. The largest absolute Gasteiger partial charge is 0.481 e. The van der Waals surface area contributed by atoms with Crippen LogP contribution in [0.15, 0.2) is 23.8 Å². The van der Waals surface area contributed by atoms with Gasteiger partial charge in [-0.25, -0.2) is 0 Å². The van der Waals surface area contributed by atoms with Crippen LogP contribution in [0, 0.1) is 51.8 Å². The van der Waals surface area contributed by atoms with E-state index in [-0.39, 0.29) is 28.8 Å². The standard InChI is InChI=1S/C30H48O3/c1-18(2)19(3)8-9-20(4)22-11-12-24-21-10-13-25-28(5,6)26(31)15-16-29(25,7)23(21)14-17-30(22,24)27(32)33/h10,19-20,22-26,31H,1,8-9,11-17H2,2-7H3,(H,32,33)/t19-,20+,22+,23-,24-,25-,26-,29+,30-/m0/s1. The fraction of sp³-hybridized carbons (Fsp3) is 0.833. The normalized spacial score (nSPS) is 43.5. The van der Waals surface area contributed by atoms with E-state index in [9.17, 15) is 15.0 Å². The van der Waals surface area contributed by atoms with E-state index in [0.29, 0.717) is 23.7 Å². The van der Waals surface area contributed by atoms with Crippen LogP contribution in [0.5, 0.6) is 0 Å². The van der Waals surface area contributed by atoms with Gasteiger partial charge in [-0.2, -0.15) is 0 Å². The number of fused-ring (bicyclic) bond motifs is 5. The Kier molecular flexibility index (Phi) is 6.47. The lowest BCUT2D eigenvalue weighted by Crippen LogP contribution is -2.57. The lowest BCUT2D eigenvalue weighted by atomic mass is 9.43. The summed E-state index contributed by atoms with van der Waals surface area (Å²) < 4.78 is 0. The molecule has 0 aromatic rings. The van der Waals surface area contributed by atoms with E-state index >= 15 is 0 Å². The summed E-state index contributed by atoms with van der Waals surface area (Å²) in [5, 5.41) is 21.5. The van der Waals surface area contributed by atoms with Crippen molar-refractivity contribution in [3.63, 3.8) is 0 Å². The summed E-state index contributed by atoms with van der Waals surface area (Å²) in [7, 11) is 0. The van der Waals surface area contributed by atoms with Gasteiger partial charge in [0, 0.05) is 0 Å². The highest BCUT2D eigenvalue weighted by atomic mass is 16.4. The molecule has 0 unspecified atom stereocenters. The fourth-order valence-corrected chi connectivity index (χ4v) is 9.22. The van der Waals surface area contributed by atoms with Gasteiger partial charge in [-0.1, -0.05) is 58.4 Å². The smallest absolute Gasteiger partial charge is 0.310 e. The maximum Gasteiger partial charge on any atom is 0.310 e. The Morgan fingerprint density at radius 1 is 1.09 bits per heavy atom. The average Bonchev–Trinajstić information content (AvgIpc) is 3.16. The van der Waals surface area contributed by atoms with Gasteiger partial charge >= 0.3 is 5.97 Å². The lowest BCUT2D eigenvalue weighted by molar-refractivity contribution is -0.162. The van der Waals surface area contributed by atoms with Crippen LogP contribution in [0.1, 0.15) is 99.3 Å². The third kappa shape index (κ3) is 3.67. The molecular formula is C30H48O3. The van der Waals surface area contributed by atoms with Crippen LogP contribution < -0.4 is 0 Å². The zero-order chi connectivity index (χ0) is 24.3. The van der Waals surface area contributed by atoms with Crippen molar-refractivity contribution in [2.45, 2.75) is 105 Å². The van der Waals surface area contributed by atoms with Crippen molar-refractivity contribution in [2.24, 2.45) is 51.8 Å². The van der Waals surface area contributed by atoms with Crippen molar-refractivity contribution in [1.82, 2.24) is 0 Å². The Balaban J connectivity index is 1.63. The molecule has 0 spiro atoms. The topological polar surface area (TPSA) is 57.5 Å². The molecule has 0 saturated heterocycles. The number of carbonyl (C=O) groups is 1. The van der Waals surface area contributed by atoms with Crippen molar-refractivity contribution < 1.29 is 15.0 Å². The van der Waals surface area contributed by atoms with Crippen molar-refractivity contribution in [3.05, 3.63) is 23.8 Å². The summed E-state index contributed by atoms with van der Waals surface area (Å²) in [5.41, 5.74) is 2.23. The molecule has 4 aliphatic rings.